The molecule has 2 aromatic heterocycles. The van der Waals surface area contributed by atoms with Gasteiger partial charge in [0.1, 0.15) is 5.75 Å². The summed E-state index contributed by atoms with van der Waals surface area (Å²) in [5, 5.41) is 4.13. The number of hydrogen-bond acceptors (Lipinski definition) is 5. The molecule has 8 heteroatoms. The predicted octanol–water partition coefficient (Wildman–Crippen LogP) is 5.64. The highest BCUT2D eigenvalue weighted by atomic mass is 32.1. The Morgan fingerprint density at radius 3 is 2.58 bits per heavy atom. The Hall–Kier alpha value is -4.95. The number of thiazole rings is 1. The topological polar surface area (TPSA) is 77.6 Å². The molecule has 3 aromatic carbocycles. The molecule has 0 aliphatic carbocycles. The molecular weight excluding hydrogens is 556 g/mol. The van der Waals surface area contributed by atoms with Crippen molar-refractivity contribution in [2.24, 2.45) is 4.99 Å². The van der Waals surface area contributed by atoms with E-state index in [9.17, 15) is 9.59 Å². The summed E-state index contributed by atoms with van der Waals surface area (Å²) < 4.78 is 9.69. The van der Waals surface area contributed by atoms with E-state index in [1.807, 2.05) is 93.7 Å². The highest BCUT2D eigenvalue weighted by molar-refractivity contribution is 7.07. The van der Waals surface area contributed by atoms with E-state index in [0.29, 0.717) is 32.9 Å². The van der Waals surface area contributed by atoms with Crippen LogP contribution in [0, 0.1) is 13.8 Å². The van der Waals surface area contributed by atoms with Crippen LogP contribution in [-0.4, -0.2) is 22.2 Å². The molecule has 5 aromatic rings. The van der Waals surface area contributed by atoms with Crippen molar-refractivity contribution in [1.29, 1.82) is 0 Å². The van der Waals surface area contributed by atoms with Crippen LogP contribution in [0.25, 0.3) is 17.0 Å². The first-order valence-corrected chi connectivity index (χ1v) is 14.8. The minimum atomic E-state index is -0.669. The number of carbonyl (C=O) groups excluding carboxylic acids is 1. The van der Waals surface area contributed by atoms with Gasteiger partial charge in [-0.05, 0) is 62.2 Å². The first kappa shape index (κ1) is 28.2. The lowest BCUT2D eigenvalue weighted by Crippen LogP contribution is -2.40. The van der Waals surface area contributed by atoms with E-state index in [1.165, 1.54) is 11.3 Å². The van der Waals surface area contributed by atoms with Gasteiger partial charge in [-0.25, -0.2) is 4.99 Å². The van der Waals surface area contributed by atoms with Crippen LogP contribution in [0.3, 0.4) is 0 Å². The van der Waals surface area contributed by atoms with Crippen molar-refractivity contribution in [3.8, 4) is 5.75 Å². The smallest absolute Gasteiger partial charge is 0.271 e. The van der Waals surface area contributed by atoms with Crippen LogP contribution in [0.1, 0.15) is 35.2 Å². The van der Waals surface area contributed by atoms with Crippen LogP contribution >= 0.6 is 11.3 Å². The Kier molecular flexibility index (Phi) is 7.46. The predicted molar refractivity (Wildman–Crippen MR) is 173 cm³/mol. The molecule has 0 saturated heterocycles. The fraction of sp³-hybridized carbons (Fsp3) is 0.171. The number of hydrogen-bond donors (Lipinski definition) is 1. The van der Waals surface area contributed by atoms with Crippen LogP contribution in [0.15, 0.2) is 107 Å². The number of rotatable bonds is 7. The summed E-state index contributed by atoms with van der Waals surface area (Å²) in [6.07, 6.45) is 5.82. The summed E-state index contributed by atoms with van der Waals surface area (Å²) in [5.74, 6) is 0.393. The van der Waals surface area contributed by atoms with Crippen LogP contribution in [0.2, 0.25) is 0 Å². The molecule has 7 nitrogen and oxygen atoms in total. The molecule has 0 spiro atoms. The third-order valence-corrected chi connectivity index (χ3v) is 8.74. The maximum Gasteiger partial charge on any atom is 0.271 e. The van der Waals surface area contributed by atoms with Crippen LogP contribution < -0.4 is 24.9 Å². The van der Waals surface area contributed by atoms with Gasteiger partial charge in [-0.2, -0.15) is 0 Å². The van der Waals surface area contributed by atoms with Crippen molar-refractivity contribution >= 4 is 39.9 Å². The number of aryl methyl sites for hydroxylation is 2. The molecule has 43 heavy (non-hydrogen) atoms. The molecule has 1 aliphatic heterocycles. The van der Waals surface area contributed by atoms with Gasteiger partial charge >= 0.3 is 0 Å². The van der Waals surface area contributed by atoms with E-state index >= 15 is 0 Å². The Balaban J connectivity index is 1.51. The summed E-state index contributed by atoms with van der Waals surface area (Å²) in [6.45, 7) is 10.3. The summed E-state index contributed by atoms with van der Waals surface area (Å²) in [5.41, 5.74) is 6.38. The first-order valence-electron chi connectivity index (χ1n) is 14.0. The number of nitrogens with one attached hydrogen (secondary N) is 1. The molecule has 0 saturated carbocycles. The molecule has 216 valence electrons. The van der Waals surface area contributed by atoms with E-state index in [2.05, 4.69) is 28.6 Å². The van der Waals surface area contributed by atoms with E-state index < -0.39 is 6.04 Å². The molecule has 0 radical (unpaired) electrons. The third-order valence-electron chi connectivity index (χ3n) is 7.76. The second kappa shape index (κ2) is 11.4. The quantitative estimate of drug-likeness (QED) is 0.250. The van der Waals surface area contributed by atoms with Gasteiger partial charge in [0.2, 0.25) is 0 Å². The minimum absolute atomic E-state index is 0.200. The molecule has 1 aliphatic rings. The molecule has 1 atom stereocenters. The fourth-order valence-corrected chi connectivity index (χ4v) is 6.72. The largest absolute Gasteiger partial charge is 0.497 e. The Bertz CT molecular complexity index is 2110. The van der Waals surface area contributed by atoms with E-state index in [4.69, 9.17) is 9.73 Å². The van der Waals surface area contributed by atoms with Crippen molar-refractivity contribution in [2.75, 3.05) is 12.4 Å². The lowest BCUT2D eigenvalue weighted by atomic mass is 9.95. The van der Waals surface area contributed by atoms with Gasteiger partial charge in [0.25, 0.3) is 11.5 Å². The molecule has 0 unspecified atom stereocenters. The summed E-state index contributed by atoms with van der Waals surface area (Å²) in [6, 6.07) is 20.8. The lowest BCUT2D eigenvalue weighted by molar-refractivity contribution is -0.113. The summed E-state index contributed by atoms with van der Waals surface area (Å²) in [7, 11) is 1.61. The van der Waals surface area contributed by atoms with E-state index in [0.717, 1.165) is 38.8 Å². The maximum atomic E-state index is 14.2. The molecule has 6 rings (SSSR count). The molecular formula is C35H32N4O3S. The number of ether oxygens (including phenoxy) is 1. The highest BCUT2D eigenvalue weighted by Crippen LogP contribution is 2.32. The standard InChI is InChI=1S/C35H32N4O3S/c1-6-17-38-20-25(27-9-7-8-10-29(27)38)19-30-34(41)39-32(24-12-14-26(42-5)15-13-24)31(23(4)36-35(39)43-30)33(40)37-28-16-11-21(2)18-22(28)3/h6-16,18-20,32H,1,17H2,2-5H3,(H,37,40)/b30-19-/t32-/m0/s1. The van der Waals surface area contributed by atoms with Crippen LogP contribution in [0.5, 0.6) is 5.75 Å². The van der Waals surface area contributed by atoms with Crippen LogP contribution in [0.4, 0.5) is 5.69 Å². The van der Waals surface area contributed by atoms with Gasteiger partial charge in [-0.3, -0.25) is 14.2 Å². The average molecular weight is 589 g/mol. The van der Waals surface area contributed by atoms with Gasteiger partial charge in [-0.1, -0.05) is 65.4 Å². The Morgan fingerprint density at radius 2 is 1.86 bits per heavy atom. The number of aromatic nitrogens is 2. The maximum absolute atomic E-state index is 14.2. The van der Waals surface area contributed by atoms with Gasteiger partial charge < -0.3 is 14.6 Å². The van der Waals surface area contributed by atoms with Crippen molar-refractivity contribution in [3.05, 3.63) is 139 Å². The minimum Gasteiger partial charge on any atom is -0.497 e. The SMILES string of the molecule is C=CCn1cc(/C=c2\sc3n(c2=O)[C@@H](c2ccc(OC)cc2)C(C(=O)Nc2ccc(C)cc2C)=C(C)N=3)c2ccccc21. The number of carbonyl (C=O) groups is 1. The molecule has 0 fully saturated rings. The number of nitrogens with zero attached hydrogens (tertiary/aromatic N) is 3. The highest BCUT2D eigenvalue weighted by Gasteiger charge is 2.32. The fourth-order valence-electron chi connectivity index (χ4n) is 5.68. The molecule has 1 amide bonds. The number of allylic oxidation sites excluding steroid dienone is 2. The second-order valence-electron chi connectivity index (χ2n) is 10.7. The lowest BCUT2D eigenvalue weighted by Gasteiger charge is -2.25. The molecule has 1 N–H and O–H groups in total. The van der Waals surface area contributed by atoms with E-state index in [1.54, 1.807) is 11.7 Å². The van der Waals surface area contributed by atoms with Gasteiger partial charge in [-0.15, -0.1) is 6.58 Å². The van der Waals surface area contributed by atoms with Crippen molar-refractivity contribution < 1.29 is 9.53 Å². The summed E-state index contributed by atoms with van der Waals surface area (Å²) >= 11 is 1.33. The monoisotopic (exact) mass is 588 g/mol. The number of para-hydroxylation sites is 1. The first-order chi connectivity index (χ1) is 20.8. The zero-order valence-corrected chi connectivity index (χ0v) is 25.4. The van der Waals surface area contributed by atoms with E-state index in [-0.39, 0.29) is 11.5 Å². The zero-order valence-electron chi connectivity index (χ0n) is 24.5. The van der Waals surface area contributed by atoms with Gasteiger partial charge in [0.15, 0.2) is 4.80 Å². The van der Waals surface area contributed by atoms with Crippen molar-refractivity contribution in [2.45, 2.75) is 33.4 Å². The average Bonchev–Trinajstić information content (AvgIpc) is 3.50. The molecule has 3 heterocycles. The van der Waals surface area contributed by atoms with Crippen LogP contribution in [-0.2, 0) is 11.3 Å². The summed E-state index contributed by atoms with van der Waals surface area (Å²) in [4.78, 5) is 33.5. The van der Waals surface area contributed by atoms with Crippen molar-refractivity contribution in [3.63, 3.8) is 0 Å². The number of amides is 1. The van der Waals surface area contributed by atoms with Gasteiger partial charge in [0.05, 0.1) is 29.0 Å². The van der Waals surface area contributed by atoms with Crippen molar-refractivity contribution in [1.82, 2.24) is 9.13 Å². The molecule has 0 bridgehead atoms. The number of anilines is 1. The number of methoxy groups -OCH3 is 1. The Morgan fingerprint density at radius 1 is 1.09 bits per heavy atom. The number of benzene rings is 3. The second-order valence-corrected chi connectivity index (χ2v) is 11.7. The van der Waals surface area contributed by atoms with Gasteiger partial charge in [0, 0.05) is 34.9 Å². The third kappa shape index (κ3) is 5.15. The normalized spacial score (nSPS) is 14.9. The Labute approximate surface area is 253 Å². The number of fused-ring (bicyclic) bond motifs is 2. The zero-order chi connectivity index (χ0) is 30.2.